The number of benzene rings is 1. The molecule has 0 aromatic heterocycles. The topological polar surface area (TPSA) is 38.0 Å². The lowest BCUT2D eigenvalue weighted by molar-refractivity contribution is 0.304. The number of hydrogen-bond acceptors (Lipinski definition) is 2. The van der Waals surface area contributed by atoms with Crippen molar-refractivity contribution in [1.82, 2.24) is 0 Å². The van der Waals surface area contributed by atoms with E-state index in [1.54, 1.807) is 0 Å². The lowest BCUT2D eigenvalue weighted by Gasteiger charge is -2.25. The van der Waals surface area contributed by atoms with E-state index in [0.717, 1.165) is 22.3 Å². The first-order valence-electron chi connectivity index (χ1n) is 6.66. The minimum atomic E-state index is 0.417. The average molecular weight is 343 g/mol. The Labute approximate surface area is 130 Å². The van der Waals surface area contributed by atoms with Gasteiger partial charge in [-0.1, -0.05) is 39.9 Å². The van der Waals surface area contributed by atoms with Gasteiger partial charge < -0.3 is 11.1 Å². The van der Waals surface area contributed by atoms with E-state index in [1.165, 1.54) is 0 Å². The van der Waals surface area contributed by atoms with E-state index in [9.17, 15) is 0 Å². The summed E-state index contributed by atoms with van der Waals surface area (Å²) in [5, 5.41) is 3.50. The summed E-state index contributed by atoms with van der Waals surface area (Å²) in [7, 11) is 0. The number of halogens is 1. The van der Waals surface area contributed by atoms with Gasteiger partial charge in [0.1, 0.15) is 4.99 Å². The molecule has 0 saturated carbocycles. The fourth-order valence-electron chi connectivity index (χ4n) is 2.30. The summed E-state index contributed by atoms with van der Waals surface area (Å²) in [6.45, 7) is 10.1. The number of anilines is 1. The molecule has 0 spiro atoms. The highest BCUT2D eigenvalue weighted by Crippen LogP contribution is 2.24. The predicted octanol–water partition coefficient (Wildman–Crippen LogP) is 4.42. The SMILES string of the molecule is CC(C)C(CNc1ccc(C(N)=S)c(Br)c1)C(C)C. The van der Waals surface area contributed by atoms with Gasteiger partial charge in [0.05, 0.1) is 0 Å². The molecule has 1 aromatic rings. The fourth-order valence-corrected chi connectivity index (χ4v) is 3.20. The highest BCUT2D eigenvalue weighted by Gasteiger charge is 2.17. The molecule has 1 rings (SSSR count). The van der Waals surface area contributed by atoms with Gasteiger partial charge in [-0.05, 0) is 51.9 Å². The van der Waals surface area contributed by atoms with Gasteiger partial charge >= 0.3 is 0 Å². The first kappa shape index (κ1) is 16.4. The quantitative estimate of drug-likeness (QED) is 0.751. The molecule has 0 amide bonds. The zero-order chi connectivity index (χ0) is 14.6. The van der Waals surface area contributed by atoms with Crippen molar-refractivity contribution in [3.63, 3.8) is 0 Å². The highest BCUT2D eigenvalue weighted by atomic mass is 79.9. The highest BCUT2D eigenvalue weighted by molar-refractivity contribution is 9.10. The molecule has 0 saturated heterocycles. The summed E-state index contributed by atoms with van der Waals surface area (Å²) in [6.07, 6.45) is 0. The van der Waals surface area contributed by atoms with Crippen LogP contribution < -0.4 is 11.1 Å². The van der Waals surface area contributed by atoms with Gasteiger partial charge in [-0.15, -0.1) is 0 Å². The maximum absolute atomic E-state index is 5.65. The van der Waals surface area contributed by atoms with Gasteiger partial charge in [0, 0.05) is 22.3 Å². The van der Waals surface area contributed by atoms with Crippen molar-refractivity contribution in [1.29, 1.82) is 0 Å². The van der Waals surface area contributed by atoms with Crippen molar-refractivity contribution in [3.8, 4) is 0 Å². The standard InChI is InChI=1S/C15H23BrN2S/c1-9(2)13(10(3)4)8-18-11-5-6-12(15(17)19)14(16)7-11/h5-7,9-10,13,18H,8H2,1-4H3,(H2,17,19). The molecule has 0 radical (unpaired) electrons. The van der Waals surface area contributed by atoms with Crippen LogP contribution in [0.4, 0.5) is 5.69 Å². The van der Waals surface area contributed by atoms with Crippen LogP contribution in [0.3, 0.4) is 0 Å². The Morgan fingerprint density at radius 2 is 1.84 bits per heavy atom. The summed E-state index contributed by atoms with van der Waals surface area (Å²) < 4.78 is 0.940. The van der Waals surface area contributed by atoms with Crippen LogP contribution in [-0.2, 0) is 0 Å². The molecule has 4 heteroatoms. The van der Waals surface area contributed by atoms with E-state index in [2.05, 4.69) is 48.9 Å². The Morgan fingerprint density at radius 3 is 2.26 bits per heavy atom. The Morgan fingerprint density at radius 1 is 1.26 bits per heavy atom. The van der Waals surface area contributed by atoms with Gasteiger partial charge in [0.25, 0.3) is 0 Å². The number of rotatable bonds is 6. The Bertz CT molecular complexity index is 436. The molecule has 2 nitrogen and oxygen atoms in total. The van der Waals surface area contributed by atoms with E-state index in [1.807, 2.05) is 18.2 Å². The number of nitrogens with one attached hydrogen (secondary N) is 1. The third-order valence-corrected chi connectivity index (χ3v) is 4.37. The predicted molar refractivity (Wildman–Crippen MR) is 91.7 cm³/mol. The largest absolute Gasteiger partial charge is 0.389 e. The monoisotopic (exact) mass is 342 g/mol. The molecular weight excluding hydrogens is 320 g/mol. The van der Waals surface area contributed by atoms with Crippen LogP contribution in [-0.4, -0.2) is 11.5 Å². The fraction of sp³-hybridized carbons (Fsp3) is 0.533. The molecule has 106 valence electrons. The van der Waals surface area contributed by atoms with E-state index < -0.39 is 0 Å². The van der Waals surface area contributed by atoms with Crippen molar-refractivity contribution in [2.75, 3.05) is 11.9 Å². The molecular formula is C15H23BrN2S. The van der Waals surface area contributed by atoms with Crippen molar-refractivity contribution in [3.05, 3.63) is 28.2 Å². The van der Waals surface area contributed by atoms with Crippen molar-refractivity contribution < 1.29 is 0 Å². The van der Waals surface area contributed by atoms with Crippen LogP contribution in [0, 0.1) is 17.8 Å². The Kier molecular flexibility index (Phi) is 6.27. The second-order valence-corrected chi connectivity index (χ2v) is 6.89. The average Bonchev–Trinajstić information content (AvgIpc) is 2.27. The molecule has 0 heterocycles. The molecule has 0 fully saturated rings. The zero-order valence-electron chi connectivity index (χ0n) is 12.0. The maximum atomic E-state index is 5.65. The van der Waals surface area contributed by atoms with Gasteiger partial charge in [0.15, 0.2) is 0 Å². The van der Waals surface area contributed by atoms with Gasteiger partial charge in [0.2, 0.25) is 0 Å². The molecule has 0 aliphatic rings. The van der Waals surface area contributed by atoms with E-state index >= 15 is 0 Å². The lowest BCUT2D eigenvalue weighted by Crippen LogP contribution is -2.24. The van der Waals surface area contributed by atoms with Gasteiger partial charge in [-0.25, -0.2) is 0 Å². The van der Waals surface area contributed by atoms with Crippen LogP contribution in [0.15, 0.2) is 22.7 Å². The van der Waals surface area contributed by atoms with Crippen molar-refractivity contribution >= 4 is 38.8 Å². The summed E-state index contributed by atoms with van der Waals surface area (Å²) in [5.74, 6) is 2.01. The van der Waals surface area contributed by atoms with Crippen molar-refractivity contribution in [2.45, 2.75) is 27.7 Å². The smallest absolute Gasteiger partial charge is 0.105 e. The minimum absolute atomic E-state index is 0.417. The van der Waals surface area contributed by atoms with E-state index in [0.29, 0.717) is 22.7 Å². The normalized spacial score (nSPS) is 11.4. The molecule has 19 heavy (non-hydrogen) atoms. The zero-order valence-corrected chi connectivity index (χ0v) is 14.4. The second-order valence-electron chi connectivity index (χ2n) is 5.59. The van der Waals surface area contributed by atoms with Crippen LogP contribution in [0.2, 0.25) is 0 Å². The Balaban J connectivity index is 2.73. The third-order valence-electron chi connectivity index (χ3n) is 3.49. The minimum Gasteiger partial charge on any atom is -0.389 e. The summed E-state index contributed by atoms with van der Waals surface area (Å²) in [5.41, 5.74) is 7.62. The summed E-state index contributed by atoms with van der Waals surface area (Å²) >= 11 is 8.50. The number of thiocarbonyl (C=S) groups is 1. The molecule has 3 N–H and O–H groups in total. The van der Waals surface area contributed by atoms with Crippen LogP contribution >= 0.6 is 28.1 Å². The molecule has 0 aliphatic carbocycles. The van der Waals surface area contributed by atoms with Crippen LogP contribution in [0.1, 0.15) is 33.3 Å². The summed E-state index contributed by atoms with van der Waals surface area (Å²) in [6, 6.07) is 6.01. The van der Waals surface area contributed by atoms with E-state index in [4.69, 9.17) is 18.0 Å². The molecule has 0 unspecified atom stereocenters. The third kappa shape index (κ3) is 4.77. The van der Waals surface area contributed by atoms with Crippen molar-refractivity contribution in [2.24, 2.45) is 23.5 Å². The van der Waals surface area contributed by atoms with Crippen LogP contribution in [0.5, 0.6) is 0 Å². The number of nitrogens with two attached hydrogens (primary N) is 1. The van der Waals surface area contributed by atoms with E-state index in [-0.39, 0.29) is 0 Å². The molecule has 0 atom stereocenters. The van der Waals surface area contributed by atoms with Crippen LogP contribution in [0.25, 0.3) is 0 Å². The van der Waals surface area contributed by atoms with Gasteiger partial charge in [-0.3, -0.25) is 0 Å². The second kappa shape index (κ2) is 7.25. The number of hydrogen-bond donors (Lipinski definition) is 2. The molecule has 0 bridgehead atoms. The maximum Gasteiger partial charge on any atom is 0.105 e. The lowest BCUT2D eigenvalue weighted by atomic mass is 9.85. The molecule has 0 aliphatic heterocycles. The first-order valence-corrected chi connectivity index (χ1v) is 7.86. The molecule has 1 aromatic carbocycles. The first-order chi connectivity index (χ1) is 8.82. The van der Waals surface area contributed by atoms with Gasteiger partial charge in [-0.2, -0.15) is 0 Å². The Hall–Kier alpha value is -0.610. The summed E-state index contributed by atoms with van der Waals surface area (Å²) in [4.78, 5) is 0.417.